The molecule has 12 rings (SSSR count). The van der Waals surface area contributed by atoms with E-state index in [1.807, 2.05) is 18.2 Å². The Labute approximate surface area is 333 Å². The highest BCUT2D eigenvalue weighted by atomic mass is 16.3. The second-order valence-electron chi connectivity index (χ2n) is 14.7. The van der Waals surface area contributed by atoms with Gasteiger partial charge in [0.05, 0.1) is 11.0 Å². The van der Waals surface area contributed by atoms with Gasteiger partial charge >= 0.3 is 0 Å². The number of hydrogen-bond acceptors (Lipinski definition) is 4. The molecule has 3 aromatic heterocycles. The van der Waals surface area contributed by atoms with Gasteiger partial charge in [-0.3, -0.25) is 0 Å². The summed E-state index contributed by atoms with van der Waals surface area (Å²) in [6.45, 7) is 0. The molecular formula is C53H32N4O. The van der Waals surface area contributed by atoms with Crippen molar-refractivity contribution in [2.45, 2.75) is 0 Å². The van der Waals surface area contributed by atoms with Crippen LogP contribution in [0.15, 0.2) is 199 Å². The molecule has 0 saturated heterocycles. The minimum absolute atomic E-state index is 0.598. The van der Waals surface area contributed by atoms with E-state index in [0.29, 0.717) is 17.5 Å². The van der Waals surface area contributed by atoms with Gasteiger partial charge < -0.3 is 8.98 Å². The summed E-state index contributed by atoms with van der Waals surface area (Å²) < 4.78 is 9.01. The van der Waals surface area contributed by atoms with Gasteiger partial charge in [-0.25, -0.2) is 15.0 Å². The monoisotopic (exact) mass is 740 g/mol. The lowest BCUT2D eigenvalue weighted by molar-refractivity contribution is 0.669. The third kappa shape index (κ3) is 5.00. The van der Waals surface area contributed by atoms with Crippen LogP contribution in [-0.2, 0) is 0 Å². The average Bonchev–Trinajstić information content (AvgIpc) is 3.84. The molecule has 3 heterocycles. The fraction of sp³-hybridized carbons (Fsp3) is 0. The van der Waals surface area contributed by atoms with Crippen molar-refractivity contribution in [2.24, 2.45) is 0 Å². The van der Waals surface area contributed by atoms with Gasteiger partial charge in [0, 0.05) is 43.9 Å². The minimum atomic E-state index is 0.598. The van der Waals surface area contributed by atoms with E-state index >= 15 is 0 Å². The maximum atomic E-state index is 6.68. The Hall–Kier alpha value is -7.89. The zero-order valence-corrected chi connectivity index (χ0v) is 31.2. The highest BCUT2D eigenvalue weighted by Crippen LogP contribution is 2.43. The van der Waals surface area contributed by atoms with E-state index < -0.39 is 0 Å². The van der Waals surface area contributed by atoms with Gasteiger partial charge in [0.25, 0.3) is 0 Å². The van der Waals surface area contributed by atoms with Crippen LogP contribution in [0.3, 0.4) is 0 Å². The summed E-state index contributed by atoms with van der Waals surface area (Å²) in [7, 11) is 0. The van der Waals surface area contributed by atoms with Gasteiger partial charge in [0.15, 0.2) is 17.5 Å². The third-order valence-electron chi connectivity index (χ3n) is 11.4. The standard InChI is InChI=1S/C53H32N4O/c1-3-16-34(17-4-1)51-54-52(56-53(55-51)42-26-14-28-46-49(42)41-24-11-12-27-45(41)57(46)36-19-5-2-6-20-36)35-29-30-47-44(31-35)50-40-23-10-9-22-39(40)43(32-48(50)58-47)38-25-13-18-33-15-7-8-21-37(33)38/h1-32H. The molecule has 0 N–H and O–H groups in total. The molecule has 5 heteroatoms. The predicted octanol–water partition coefficient (Wildman–Crippen LogP) is 13.8. The topological polar surface area (TPSA) is 56.7 Å². The van der Waals surface area contributed by atoms with Crippen molar-refractivity contribution in [2.75, 3.05) is 0 Å². The highest BCUT2D eigenvalue weighted by molar-refractivity contribution is 6.23. The molecule has 0 aliphatic carbocycles. The molecule has 0 unspecified atom stereocenters. The maximum Gasteiger partial charge on any atom is 0.164 e. The van der Waals surface area contributed by atoms with Crippen LogP contribution in [0.1, 0.15) is 0 Å². The van der Waals surface area contributed by atoms with Crippen LogP contribution < -0.4 is 0 Å². The highest BCUT2D eigenvalue weighted by Gasteiger charge is 2.21. The zero-order chi connectivity index (χ0) is 38.2. The van der Waals surface area contributed by atoms with E-state index in [1.165, 1.54) is 21.7 Å². The fourth-order valence-corrected chi connectivity index (χ4v) is 8.87. The Kier molecular flexibility index (Phi) is 7.16. The van der Waals surface area contributed by atoms with Crippen molar-refractivity contribution >= 4 is 65.3 Å². The molecular weight excluding hydrogens is 709 g/mol. The zero-order valence-electron chi connectivity index (χ0n) is 31.2. The molecule has 12 aromatic rings. The van der Waals surface area contributed by atoms with Crippen LogP contribution in [0.4, 0.5) is 0 Å². The number of aromatic nitrogens is 4. The number of fused-ring (bicyclic) bond motifs is 9. The molecule has 0 atom stereocenters. The van der Waals surface area contributed by atoms with Crippen molar-refractivity contribution in [1.82, 2.24) is 19.5 Å². The summed E-state index contributed by atoms with van der Waals surface area (Å²) in [4.78, 5) is 15.6. The lowest BCUT2D eigenvalue weighted by atomic mass is 9.92. The molecule has 0 fully saturated rings. The van der Waals surface area contributed by atoms with Crippen LogP contribution in [0.25, 0.3) is 116 Å². The van der Waals surface area contributed by atoms with E-state index in [4.69, 9.17) is 19.4 Å². The van der Waals surface area contributed by atoms with Gasteiger partial charge in [-0.05, 0) is 81.2 Å². The van der Waals surface area contributed by atoms with Crippen LogP contribution in [-0.4, -0.2) is 19.5 Å². The first-order valence-electron chi connectivity index (χ1n) is 19.5. The SMILES string of the molecule is c1ccc(-c2nc(-c3ccc4oc5cc(-c6cccc7ccccc67)c6ccccc6c5c4c3)nc(-c3cccc4c3c3ccccc3n4-c3ccccc3)n2)cc1. The number of benzene rings is 9. The van der Waals surface area contributed by atoms with Gasteiger partial charge in [-0.1, -0.05) is 146 Å². The van der Waals surface area contributed by atoms with Crippen molar-refractivity contribution in [3.63, 3.8) is 0 Å². The van der Waals surface area contributed by atoms with Gasteiger partial charge in [0.2, 0.25) is 0 Å². The molecule has 0 spiro atoms. The number of hydrogen-bond donors (Lipinski definition) is 0. The fourth-order valence-electron chi connectivity index (χ4n) is 8.87. The second-order valence-corrected chi connectivity index (χ2v) is 14.7. The largest absolute Gasteiger partial charge is 0.456 e. The molecule has 9 aromatic carbocycles. The van der Waals surface area contributed by atoms with Crippen LogP contribution in [0.5, 0.6) is 0 Å². The Morgan fingerprint density at radius 3 is 1.81 bits per heavy atom. The number of nitrogens with zero attached hydrogens (tertiary/aromatic N) is 4. The first kappa shape index (κ1) is 32.4. The maximum absolute atomic E-state index is 6.68. The van der Waals surface area contributed by atoms with Crippen molar-refractivity contribution < 1.29 is 4.42 Å². The normalized spacial score (nSPS) is 11.8. The molecule has 270 valence electrons. The lowest BCUT2D eigenvalue weighted by Crippen LogP contribution is -2.00. The van der Waals surface area contributed by atoms with E-state index in [-0.39, 0.29) is 0 Å². The molecule has 0 saturated carbocycles. The summed E-state index contributed by atoms with van der Waals surface area (Å²) in [5, 5.41) is 9.08. The van der Waals surface area contributed by atoms with Gasteiger partial charge in [-0.2, -0.15) is 0 Å². The molecule has 58 heavy (non-hydrogen) atoms. The van der Waals surface area contributed by atoms with E-state index in [0.717, 1.165) is 77.1 Å². The summed E-state index contributed by atoms with van der Waals surface area (Å²) in [5.74, 6) is 1.83. The Morgan fingerprint density at radius 1 is 0.345 bits per heavy atom. The number of para-hydroxylation sites is 2. The summed E-state index contributed by atoms with van der Waals surface area (Å²) >= 11 is 0. The third-order valence-corrected chi connectivity index (χ3v) is 11.4. The Balaban J connectivity index is 1.09. The smallest absolute Gasteiger partial charge is 0.164 e. The summed E-state index contributed by atoms with van der Waals surface area (Å²) in [6, 6.07) is 67.9. The molecule has 0 bridgehead atoms. The van der Waals surface area contributed by atoms with Crippen molar-refractivity contribution in [3.8, 4) is 51.0 Å². The lowest BCUT2D eigenvalue weighted by Gasteiger charge is -2.11. The van der Waals surface area contributed by atoms with Gasteiger partial charge in [-0.15, -0.1) is 0 Å². The van der Waals surface area contributed by atoms with E-state index in [1.54, 1.807) is 0 Å². The first-order valence-corrected chi connectivity index (χ1v) is 19.5. The van der Waals surface area contributed by atoms with Crippen LogP contribution >= 0.6 is 0 Å². The molecule has 0 aliphatic heterocycles. The molecule has 5 nitrogen and oxygen atoms in total. The molecule has 0 aliphatic rings. The quantitative estimate of drug-likeness (QED) is 0.176. The minimum Gasteiger partial charge on any atom is -0.456 e. The van der Waals surface area contributed by atoms with Crippen LogP contribution in [0.2, 0.25) is 0 Å². The summed E-state index contributed by atoms with van der Waals surface area (Å²) in [5.41, 5.74) is 10.1. The van der Waals surface area contributed by atoms with E-state index in [2.05, 4.69) is 180 Å². The van der Waals surface area contributed by atoms with Gasteiger partial charge in [0.1, 0.15) is 11.2 Å². The Bertz CT molecular complexity index is 3560. The average molecular weight is 741 g/mol. The van der Waals surface area contributed by atoms with Crippen molar-refractivity contribution in [1.29, 1.82) is 0 Å². The van der Waals surface area contributed by atoms with Crippen molar-refractivity contribution in [3.05, 3.63) is 194 Å². The second kappa shape index (κ2) is 12.8. The van der Waals surface area contributed by atoms with E-state index in [9.17, 15) is 0 Å². The van der Waals surface area contributed by atoms with Crippen LogP contribution in [0, 0.1) is 0 Å². The number of furan rings is 1. The first-order chi connectivity index (χ1) is 28.8. The Morgan fingerprint density at radius 2 is 0.966 bits per heavy atom. The molecule has 0 amide bonds. The summed E-state index contributed by atoms with van der Waals surface area (Å²) in [6.07, 6.45) is 0. The number of rotatable bonds is 5. The molecule has 0 radical (unpaired) electrons. The predicted molar refractivity (Wildman–Crippen MR) is 238 cm³/mol.